The van der Waals surface area contributed by atoms with E-state index in [1.54, 1.807) is 4.90 Å². The van der Waals surface area contributed by atoms with Crippen LogP contribution >= 0.6 is 11.3 Å². The molecular weight excluding hydrogens is 443 g/mol. The highest BCUT2D eigenvalue weighted by Gasteiger charge is 2.28. The molecule has 12 heteroatoms. The number of rotatable bonds is 4. The summed E-state index contributed by atoms with van der Waals surface area (Å²) in [6.45, 7) is 0.472. The van der Waals surface area contributed by atoms with Gasteiger partial charge in [-0.1, -0.05) is 17.4 Å². The van der Waals surface area contributed by atoms with E-state index in [-0.39, 0.29) is 39.3 Å². The van der Waals surface area contributed by atoms with Crippen LogP contribution < -0.4 is 22.5 Å². The van der Waals surface area contributed by atoms with Gasteiger partial charge in [0.2, 0.25) is 0 Å². The quantitative estimate of drug-likeness (QED) is 0.401. The average molecular weight is 468 g/mol. The van der Waals surface area contributed by atoms with Crippen LogP contribution in [-0.4, -0.2) is 54.0 Å². The van der Waals surface area contributed by atoms with Gasteiger partial charge in [-0.2, -0.15) is 0 Å². The Kier molecular flexibility index (Phi) is 7.36. The third-order valence-electron chi connectivity index (χ3n) is 5.04. The number of hydrogen-bond acceptors (Lipinski definition) is 7. The maximum absolute atomic E-state index is 14.3. The number of amidine groups is 1. The SMILES string of the molecule is CN=C(/C(=C\N)NC(=O)c1nc(-c2c(F)cccc2F)sc1N)N1CCCC(N)C(F)C1. The maximum atomic E-state index is 14.3. The monoisotopic (exact) mass is 467 g/mol. The summed E-state index contributed by atoms with van der Waals surface area (Å²) in [5.41, 5.74) is 16.9. The van der Waals surface area contributed by atoms with E-state index in [0.717, 1.165) is 29.7 Å². The molecule has 1 aliphatic rings. The Balaban J connectivity index is 1.83. The third kappa shape index (κ3) is 4.86. The molecule has 0 aliphatic carbocycles. The molecule has 1 aliphatic heterocycles. The first-order valence-corrected chi connectivity index (χ1v) is 10.6. The molecule has 0 spiro atoms. The number of carbonyl (C=O) groups is 1. The number of likely N-dealkylation sites (tertiary alicyclic amines) is 1. The molecule has 2 atom stereocenters. The molecule has 32 heavy (non-hydrogen) atoms. The average Bonchev–Trinajstić information content (AvgIpc) is 3.05. The number of hydrogen-bond donors (Lipinski definition) is 4. The Morgan fingerprint density at radius 1 is 1.38 bits per heavy atom. The van der Waals surface area contributed by atoms with Crippen molar-refractivity contribution in [2.45, 2.75) is 25.1 Å². The third-order valence-corrected chi connectivity index (χ3v) is 5.94. The summed E-state index contributed by atoms with van der Waals surface area (Å²) < 4.78 is 42.5. The molecule has 1 fully saturated rings. The Labute approximate surface area is 187 Å². The number of thiazole rings is 1. The molecule has 1 amide bonds. The van der Waals surface area contributed by atoms with Crippen LogP contribution in [0.5, 0.6) is 0 Å². The second kappa shape index (κ2) is 10.0. The lowest BCUT2D eigenvalue weighted by atomic mass is 10.1. The Bertz CT molecular complexity index is 1040. The van der Waals surface area contributed by atoms with Crippen LogP contribution in [0.3, 0.4) is 0 Å². The van der Waals surface area contributed by atoms with Gasteiger partial charge in [0.25, 0.3) is 5.91 Å². The van der Waals surface area contributed by atoms with E-state index in [0.29, 0.717) is 19.4 Å². The molecule has 1 aromatic heterocycles. The van der Waals surface area contributed by atoms with Gasteiger partial charge in [-0.3, -0.25) is 9.79 Å². The van der Waals surface area contributed by atoms with E-state index in [4.69, 9.17) is 17.2 Å². The van der Waals surface area contributed by atoms with Crippen molar-refractivity contribution >= 4 is 28.1 Å². The summed E-state index contributed by atoms with van der Waals surface area (Å²) in [5, 5.41) is 2.45. The number of aliphatic imine (C=N–C) groups is 1. The molecule has 2 heterocycles. The van der Waals surface area contributed by atoms with Gasteiger partial charge in [0.15, 0.2) is 5.69 Å². The fourth-order valence-corrected chi connectivity index (χ4v) is 4.30. The molecule has 0 bridgehead atoms. The number of carbonyl (C=O) groups excluding carboxylic acids is 1. The van der Waals surface area contributed by atoms with Crippen molar-refractivity contribution < 1.29 is 18.0 Å². The zero-order valence-corrected chi connectivity index (χ0v) is 18.1. The molecule has 1 saturated heterocycles. The molecular formula is C20H24F3N7OS. The summed E-state index contributed by atoms with van der Waals surface area (Å²) in [7, 11) is 1.49. The second-order valence-electron chi connectivity index (χ2n) is 7.18. The summed E-state index contributed by atoms with van der Waals surface area (Å²) in [5.74, 6) is -2.13. The van der Waals surface area contributed by atoms with Gasteiger partial charge in [0, 0.05) is 25.8 Å². The predicted molar refractivity (Wildman–Crippen MR) is 119 cm³/mol. The number of benzene rings is 1. The van der Waals surface area contributed by atoms with Gasteiger partial charge in [-0.15, -0.1) is 0 Å². The summed E-state index contributed by atoms with van der Waals surface area (Å²) in [4.78, 5) is 22.7. The van der Waals surface area contributed by atoms with E-state index in [1.165, 1.54) is 13.1 Å². The number of nitrogens with zero attached hydrogens (tertiary/aromatic N) is 3. The molecule has 7 N–H and O–H groups in total. The molecule has 8 nitrogen and oxygen atoms in total. The standard InChI is InChI=1S/C20H24F3N7OS/c1-27-18(30-7-3-6-13(25)12(23)9-30)14(8-24)28-19(31)16-17(26)32-20(29-16)15-10(21)4-2-5-11(15)22/h2,4-5,8,12-13H,3,6-7,9,24-26H2,1H3,(H,28,31)/b14-8+,27-18?. The molecule has 2 unspecified atom stereocenters. The van der Waals surface area contributed by atoms with E-state index in [1.807, 2.05) is 0 Å². The maximum Gasteiger partial charge on any atom is 0.277 e. The molecule has 3 rings (SSSR count). The zero-order valence-electron chi connectivity index (χ0n) is 17.3. The molecule has 2 aromatic rings. The second-order valence-corrected chi connectivity index (χ2v) is 8.21. The highest BCUT2D eigenvalue weighted by molar-refractivity contribution is 7.19. The number of nitrogens with two attached hydrogens (primary N) is 3. The number of anilines is 1. The van der Waals surface area contributed by atoms with Gasteiger partial charge < -0.3 is 27.4 Å². The van der Waals surface area contributed by atoms with Crippen LogP contribution in [0.2, 0.25) is 0 Å². The fourth-order valence-electron chi connectivity index (χ4n) is 3.42. The first-order valence-electron chi connectivity index (χ1n) is 9.82. The van der Waals surface area contributed by atoms with Crippen LogP contribution in [0.1, 0.15) is 23.3 Å². The van der Waals surface area contributed by atoms with Gasteiger partial charge in [-0.25, -0.2) is 18.2 Å². The Morgan fingerprint density at radius 2 is 2.06 bits per heavy atom. The highest BCUT2D eigenvalue weighted by Crippen LogP contribution is 2.33. The van der Waals surface area contributed by atoms with Gasteiger partial charge in [-0.05, 0) is 25.0 Å². The Morgan fingerprint density at radius 3 is 2.69 bits per heavy atom. The van der Waals surface area contributed by atoms with Crippen molar-refractivity contribution in [2.24, 2.45) is 16.5 Å². The normalized spacial score (nSPS) is 20.2. The molecule has 0 saturated carbocycles. The number of alkyl halides is 1. The minimum Gasteiger partial charge on any atom is -0.403 e. The van der Waals surface area contributed by atoms with E-state index < -0.39 is 29.8 Å². The zero-order chi connectivity index (χ0) is 23.4. The summed E-state index contributed by atoms with van der Waals surface area (Å²) in [6.07, 6.45) is 1.02. The summed E-state index contributed by atoms with van der Waals surface area (Å²) in [6, 6.07) is 2.81. The number of nitrogen functional groups attached to an aromatic ring is 1. The van der Waals surface area contributed by atoms with Crippen molar-refractivity contribution in [3.8, 4) is 10.6 Å². The number of halogens is 3. The number of nitrogens with one attached hydrogen (secondary N) is 1. The van der Waals surface area contributed by atoms with Crippen molar-refractivity contribution in [3.05, 3.63) is 47.4 Å². The molecule has 1 aromatic carbocycles. The van der Waals surface area contributed by atoms with Crippen LogP contribution in [0.15, 0.2) is 35.1 Å². The first kappa shape index (κ1) is 23.5. The van der Waals surface area contributed by atoms with E-state index in [9.17, 15) is 18.0 Å². The number of amides is 1. The topological polar surface area (TPSA) is 136 Å². The minimum atomic E-state index is -1.27. The van der Waals surface area contributed by atoms with Crippen molar-refractivity contribution in [3.63, 3.8) is 0 Å². The van der Waals surface area contributed by atoms with Crippen LogP contribution in [0.25, 0.3) is 10.6 Å². The lowest BCUT2D eigenvalue weighted by molar-refractivity contribution is 0.0963. The van der Waals surface area contributed by atoms with Gasteiger partial charge >= 0.3 is 0 Å². The van der Waals surface area contributed by atoms with E-state index in [2.05, 4.69) is 15.3 Å². The fraction of sp³-hybridized carbons (Fsp3) is 0.350. The lowest BCUT2D eigenvalue weighted by Gasteiger charge is -2.27. The van der Waals surface area contributed by atoms with Crippen LogP contribution in [-0.2, 0) is 0 Å². The van der Waals surface area contributed by atoms with Crippen LogP contribution in [0, 0.1) is 11.6 Å². The van der Waals surface area contributed by atoms with Crippen molar-refractivity contribution in [1.29, 1.82) is 0 Å². The first-order chi connectivity index (χ1) is 15.3. The van der Waals surface area contributed by atoms with Crippen molar-refractivity contribution in [1.82, 2.24) is 15.2 Å². The van der Waals surface area contributed by atoms with Crippen LogP contribution in [0.4, 0.5) is 18.2 Å². The minimum absolute atomic E-state index is 0.00337. The lowest BCUT2D eigenvalue weighted by Crippen LogP contribution is -2.44. The molecule has 172 valence electrons. The smallest absolute Gasteiger partial charge is 0.277 e. The van der Waals surface area contributed by atoms with E-state index >= 15 is 0 Å². The van der Waals surface area contributed by atoms with Crippen molar-refractivity contribution in [2.75, 3.05) is 25.9 Å². The largest absolute Gasteiger partial charge is 0.403 e. The molecule has 0 radical (unpaired) electrons. The highest BCUT2D eigenvalue weighted by atomic mass is 32.1. The number of aromatic nitrogens is 1. The van der Waals surface area contributed by atoms with Gasteiger partial charge in [0.05, 0.1) is 17.8 Å². The predicted octanol–water partition coefficient (Wildman–Crippen LogP) is 1.99. The van der Waals surface area contributed by atoms with Gasteiger partial charge in [0.1, 0.15) is 33.7 Å². The summed E-state index contributed by atoms with van der Waals surface area (Å²) >= 11 is 0.775. The Hall–Kier alpha value is -3.12.